The Kier molecular flexibility index (Phi) is 2.44. The summed E-state index contributed by atoms with van der Waals surface area (Å²) in [4.78, 5) is 0. The summed E-state index contributed by atoms with van der Waals surface area (Å²) in [5, 5.41) is 6.78. The molecule has 66 valence electrons. The highest BCUT2D eigenvalue weighted by Crippen LogP contribution is 2.02. The Labute approximate surface area is 72.1 Å². The van der Waals surface area contributed by atoms with Gasteiger partial charge >= 0.3 is 0 Å². The molecule has 3 heteroatoms. The maximum Gasteiger partial charge on any atom is 0.0947 e. The minimum Gasteiger partial charge on any atom is -0.472 e. The molecule has 0 saturated carbocycles. The molecule has 0 amide bonds. The highest BCUT2D eigenvalue weighted by molar-refractivity contribution is 5.04. The molecule has 1 aromatic heterocycles. The second-order valence-electron chi connectivity index (χ2n) is 3.20. The third kappa shape index (κ3) is 1.87. The topological polar surface area (TPSA) is 37.2 Å². The quantitative estimate of drug-likeness (QED) is 0.695. The van der Waals surface area contributed by atoms with Gasteiger partial charge in [-0.3, -0.25) is 0 Å². The van der Waals surface area contributed by atoms with E-state index in [1.807, 2.05) is 6.07 Å². The molecule has 2 heterocycles. The van der Waals surface area contributed by atoms with Gasteiger partial charge in [0.15, 0.2) is 0 Å². The van der Waals surface area contributed by atoms with Gasteiger partial charge in [-0.2, -0.15) is 0 Å². The maximum absolute atomic E-state index is 4.97. The largest absolute Gasteiger partial charge is 0.472 e. The van der Waals surface area contributed by atoms with Crippen LogP contribution in [0, 0.1) is 0 Å². The van der Waals surface area contributed by atoms with E-state index in [0.717, 1.165) is 19.6 Å². The Morgan fingerprint density at radius 3 is 3.33 bits per heavy atom. The van der Waals surface area contributed by atoms with Crippen LogP contribution < -0.4 is 10.6 Å². The van der Waals surface area contributed by atoms with Crippen LogP contribution in [0.2, 0.25) is 0 Å². The Hall–Kier alpha value is -0.800. The Balaban J connectivity index is 1.74. The molecule has 1 saturated heterocycles. The van der Waals surface area contributed by atoms with Crippen LogP contribution in [0.3, 0.4) is 0 Å². The van der Waals surface area contributed by atoms with Gasteiger partial charge in [-0.05, 0) is 19.0 Å². The van der Waals surface area contributed by atoms with Crippen molar-refractivity contribution in [2.75, 3.05) is 13.1 Å². The number of furan rings is 1. The SMILES string of the molecule is c1cc(CNC2CCNC2)co1. The molecule has 0 radical (unpaired) electrons. The molecule has 0 spiro atoms. The lowest BCUT2D eigenvalue weighted by molar-refractivity contribution is 0.533. The van der Waals surface area contributed by atoms with Crippen molar-refractivity contribution in [3.8, 4) is 0 Å². The van der Waals surface area contributed by atoms with Gasteiger partial charge in [0.1, 0.15) is 0 Å². The lowest BCUT2D eigenvalue weighted by Gasteiger charge is -2.08. The van der Waals surface area contributed by atoms with Crippen molar-refractivity contribution in [3.63, 3.8) is 0 Å². The molecule has 1 atom stereocenters. The van der Waals surface area contributed by atoms with E-state index >= 15 is 0 Å². The second kappa shape index (κ2) is 3.74. The van der Waals surface area contributed by atoms with Crippen molar-refractivity contribution < 1.29 is 4.42 Å². The number of hydrogen-bond acceptors (Lipinski definition) is 3. The van der Waals surface area contributed by atoms with Crippen molar-refractivity contribution >= 4 is 0 Å². The predicted molar refractivity (Wildman–Crippen MR) is 46.8 cm³/mol. The minimum atomic E-state index is 0.639. The average Bonchev–Trinajstić information content (AvgIpc) is 2.74. The van der Waals surface area contributed by atoms with Crippen LogP contribution in [0.15, 0.2) is 23.0 Å². The highest BCUT2D eigenvalue weighted by Gasteiger charge is 2.12. The molecule has 1 aliphatic heterocycles. The van der Waals surface area contributed by atoms with Crippen LogP contribution in [0.5, 0.6) is 0 Å². The summed E-state index contributed by atoms with van der Waals surface area (Å²) in [5.41, 5.74) is 1.22. The Morgan fingerprint density at radius 2 is 2.67 bits per heavy atom. The van der Waals surface area contributed by atoms with Gasteiger partial charge in [0, 0.05) is 24.7 Å². The van der Waals surface area contributed by atoms with Crippen molar-refractivity contribution in [2.45, 2.75) is 19.0 Å². The van der Waals surface area contributed by atoms with Gasteiger partial charge in [0.2, 0.25) is 0 Å². The summed E-state index contributed by atoms with van der Waals surface area (Å²) in [7, 11) is 0. The first kappa shape index (κ1) is 7.83. The van der Waals surface area contributed by atoms with E-state index in [9.17, 15) is 0 Å². The zero-order chi connectivity index (χ0) is 8.23. The molecule has 1 aromatic rings. The first-order valence-corrected chi connectivity index (χ1v) is 4.40. The number of hydrogen-bond donors (Lipinski definition) is 2. The maximum atomic E-state index is 4.97. The van der Waals surface area contributed by atoms with E-state index < -0.39 is 0 Å². The molecule has 1 aliphatic rings. The highest BCUT2D eigenvalue weighted by atomic mass is 16.3. The van der Waals surface area contributed by atoms with E-state index in [1.54, 1.807) is 12.5 Å². The second-order valence-corrected chi connectivity index (χ2v) is 3.20. The van der Waals surface area contributed by atoms with Gasteiger partial charge in [0.05, 0.1) is 12.5 Å². The van der Waals surface area contributed by atoms with E-state index in [0.29, 0.717) is 6.04 Å². The van der Waals surface area contributed by atoms with Crippen molar-refractivity contribution in [1.82, 2.24) is 10.6 Å². The molecular weight excluding hydrogens is 152 g/mol. The smallest absolute Gasteiger partial charge is 0.0947 e. The fraction of sp³-hybridized carbons (Fsp3) is 0.556. The zero-order valence-corrected chi connectivity index (χ0v) is 7.05. The van der Waals surface area contributed by atoms with Crippen LogP contribution in [-0.2, 0) is 6.54 Å². The standard InChI is InChI=1S/C9H14N2O/c1-3-10-6-9(1)11-5-8-2-4-12-7-8/h2,4,7,9-11H,1,3,5-6H2. The molecule has 3 nitrogen and oxygen atoms in total. The van der Waals surface area contributed by atoms with Gasteiger partial charge in [-0.15, -0.1) is 0 Å². The minimum absolute atomic E-state index is 0.639. The molecule has 0 aromatic carbocycles. The zero-order valence-electron chi connectivity index (χ0n) is 7.05. The molecule has 0 bridgehead atoms. The van der Waals surface area contributed by atoms with Crippen molar-refractivity contribution in [2.24, 2.45) is 0 Å². The molecule has 12 heavy (non-hydrogen) atoms. The van der Waals surface area contributed by atoms with Crippen molar-refractivity contribution in [1.29, 1.82) is 0 Å². The van der Waals surface area contributed by atoms with Gasteiger partial charge in [-0.1, -0.05) is 0 Å². The van der Waals surface area contributed by atoms with E-state index in [4.69, 9.17) is 4.42 Å². The van der Waals surface area contributed by atoms with Gasteiger partial charge in [-0.25, -0.2) is 0 Å². The van der Waals surface area contributed by atoms with Crippen LogP contribution >= 0.6 is 0 Å². The number of nitrogens with one attached hydrogen (secondary N) is 2. The molecule has 2 N–H and O–H groups in total. The summed E-state index contributed by atoms with van der Waals surface area (Å²) in [6, 6.07) is 2.63. The third-order valence-electron chi connectivity index (χ3n) is 2.24. The van der Waals surface area contributed by atoms with E-state index in [-0.39, 0.29) is 0 Å². The lowest BCUT2D eigenvalue weighted by atomic mass is 10.2. The van der Waals surface area contributed by atoms with E-state index in [2.05, 4.69) is 10.6 Å². The van der Waals surface area contributed by atoms with Crippen LogP contribution in [0.1, 0.15) is 12.0 Å². The lowest BCUT2D eigenvalue weighted by Crippen LogP contribution is -2.30. The fourth-order valence-electron chi connectivity index (χ4n) is 1.48. The predicted octanol–water partition coefficient (Wildman–Crippen LogP) is 0.731. The summed E-state index contributed by atoms with van der Waals surface area (Å²) in [6.45, 7) is 3.16. The molecule has 1 fully saturated rings. The normalized spacial score (nSPS) is 23.2. The van der Waals surface area contributed by atoms with Crippen LogP contribution in [-0.4, -0.2) is 19.1 Å². The van der Waals surface area contributed by atoms with Gasteiger partial charge in [0.25, 0.3) is 0 Å². The summed E-state index contributed by atoms with van der Waals surface area (Å²) in [5.74, 6) is 0. The Morgan fingerprint density at radius 1 is 1.67 bits per heavy atom. The molecular formula is C9H14N2O. The summed E-state index contributed by atoms with van der Waals surface area (Å²) >= 11 is 0. The summed E-state index contributed by atoms with van der Waals surface area (Å²) < 4.78 is 4.97. The fourth-order valence-corrected chi connectivity index (χ4v) is 1.48. The first-order valence-electron chi connectivity index (χ1n) is 4.40. The van der Waals surface area contributed by atoms with Gasteiger partial charge < -0.3 is 15.1 Å². The first-order chi connectivity index (χ1) is 5.95. The summed E-state index contributed by atoms with van der Waals surface area (Å²) in [6.07, 6.45) is 4.73. The van der Waals surface area contributed by atoms with Crippen LogP contribution in [0.25, 0.3) is 0 Å². The van der Waals surface area contributed by atoms with E-state index in [1.165, 1.54) is 12.0 Å². The molecule has 2 rings (SSSR count). The monoisotopic (exact) mass is 166 g/mol. The average molecular weight is 166 g/mol. The molecule has 0 aliphatic carbocycles. The van der Waals surface area contributed by atoms with Crippen molar-refractivity contribution in [3.05, 3.63) is 24.2 Å². The van der Waals surface area contributed by atoms with Crippen LogP contribution in [0.4, 0.5) is 0 Å². The third-order valence-corrected chi connectivity index (χ3v) is 2.24. The molecule has 1 unspecified atom stereocenters. The number of rotatable bonds is 3. The Bertz CT molecular complexity index is 214.